The fourth-order valence-electron chi connectivity index (χ4n) is 1.84. The summed E-state index contributed by atoms with van der Waals surface area (Å²) in [5.41, 5.74) is 0.649. The van der Waals surface area contributed by atoms with Crippen LogP contribution in [0.5, 0.6) is 0 Å². The van der Waals surface area contributed by atoms with Crippen LogP contribution < -0.4 is 5.56 Å². The molecule has 2 aromatic heterocycles. The van der Waals surface area contributed by atoms with E-state index in [-0.39, 0.29) is 5.56 Å². The molecule has 0 aliphatic heterocycles. The summed E-state index contributed by atoms with van der Waals surface area (Å²) in [6.07, 6.45) is 4.00. The minimum absolute atomic E-state index is 0.0376. The highest BCUT2D eigenvalue weighted by atomic mass is 79.9. The van der Waals surface area contributed by atoms with E-state index in [1.165, 1.54) is 0 Å². The van der Waals surface area contributed by atoms with Crippen molar-refractivity contribution in [3.63, 3.8) is 0 Å². The maximum atomic E-state index is 11.9. The Morgan fingerprint density at radius 3 is 3.06 bits per heavy atom. The largest absolute Gasteiger partial charge is 0.337 e. The van der Waals surface area contributed by atoms with Gasteiger partial charge in [-0.25, -0.2) is 0 Å². The summed E-state index contributed by atoms with van der Waals surface area (Å²) < 4.78 is 7.60. The monoisotopic (exact) mass is 309 g/mol. The Kier molecular flexibility index (Phi) is 2.81. The summed E-state index contributed by atoms with van der Waals surface area (Å²) in [7, 11) is 0. The summed E-state index contributed by atoms with van der Waals surface area (Å²) in [5.74, 6) is 1.71. The molecule has 0 aromatic carbocycles. The van der Waals surface area contributed by atoms with Crippen LogP contribution in [0.25, 0.3) is 0 Å². The quantitative estimate of drug-likeness (QED) is 0.872. The van der Waals surface area contributed by atoms with Gasteiger partial charge in [0.15, 0.2) is 5.82 Å². The van der Waals surface area contributed by atoms with E-state index in [0.29, 0.717) is 23.9 Å². The van der Waals surface area contributed by atoms with Gasteiger partial charge in [0.2, 0.25) is 5.89 Å². The van der Waals surface area contributed by atoms with E-state index in [9.17, 15) is 4.79 Å². The molecule has 1 aliphatic rings. The third-order valence-corrected chi connectivity index (χ3v) is 3.40. The molecular weight excluding hydrogens is 298 g/mol. The van der Waals surface area contributed by atoms with E-state index in [1.807, 2.05) is 0 Å². The molecule has 5 nitrogen and oxygen atoms in total. The molecule has 94 valence electrons. The van der Waals surface area contributed by atoms with Gasteiger partial charge in [0.25, 0.3) is 5.56 Å². The van der Waals surface area contributed by atoms with Gasteiger partial charge in [-0.15, -0.1) is 0 Å². The zero-order valence-corrected chi connectivity index (χ0v) is 11.5. The van der Waals surface area contributed by atoms with Crippen molar-refractivity contribution in [1.29, 1.82) is 0 Å². The first-order valence-electron chi connectivity index (χ1n) is 5.82. The molecule has 0 unspecified atom stereocenters. The predicted octanol–water partition coefficient (Wildman–Crippen LogP) is 2.23. The van der Waals surface area contributed by atoms with Crippen LogP contribution in [-0.2, 0) is 6.54 Å². The van der Waals surface area contributed by atoms with E-state index < -0.39 is 0 Å². The smallest absolute Gasteiger partial charge is 0.253 e. The van der Waals surface area contributed by atoms with Crippen LogP contribution in [0, 0.1) is 6.92 Å². The van der Waals surface area contributed by atoms with Crippen molar-refractivity contribution in [2.24, 2.45) is 0 Å². The molecule has 2 heterocycles. The number of rotatable bonds is 3. The molecule has 0 N–H and O–H groups in total. The first-order chi connectivity index (χ1) is 8.63. The van der Waals surface area contributed by atoms with Gasteiger partial charge in [-0.1, -0.05) is 5.16 Å². The molecule has 0 amide bonds. The molecule has 2 aromatic rings. The van der Waals surface area contributed by atoms with Crippen molar-refractivity contribution in [3.05, 3.63) is 44.4 Å². The SMILES string of the molecule is Cc1cc(Br)cn(Cc2nc(C3CC3)no2)c1=O. The fourth-order valence-corrected chi connectivity index (χ4v) is 2.43. The molecule has 3 rings (SSSR count). The standard InChI is InChI=1S/C12H12BrN3O2/c1-7-4-9(13)5-16(12(7)17)6-10-14-11(15-18-10)8-2-3-8/h4-5,8H,2-3,6H2,1H3. The van der Waals surface area contributed by atoms with Gasteiger partial charge in [0.1, 0.15) is 6.54 Å². The molecule has 1 fully saturated rings. The van der Waals surface area contributed by atoms with Gasteiger partial charge in [0, 0.05) is 22.2 Å². The van der Waals surface area contributed by atoms with Crippen LogP contribution in [0.1, 0.15) is 36.0 Å². The number of halogens is 1. The second-order valence-electron chi connectivity index (χ2n) is 4.59. The Morgan fingerprint density at radius 1 is 1.56 bits per heavy atom. The lowest BCUT2D eigenvalue weighted by atomic mass is 10.3. The van der Waals surface area contributed by atoms with Crippen molar-refractivity contribution in [3.8, 4) is 0 Å². The van der Waals surface area contributed by atoms with Crippen molar-refractivity contribution >= 4 is 15.9 Å². The summed E-state index contributed by atoms with van der Waals surface area (Å²) in [4.78, 5) is 16.2. The van der Waals surface area contributed by atoms with E-state index in [4.69, 9.17) is 4.52 Å². The van der Waals surface area contributed by atoms with E-state index in [0.717, 1.165) is 23.1 Å². The van der Waals surface area contributed by atoms with E-state index in [1.54, 1.807) is 23.8 Å². The topological polar surface area (TPSA) is 60.9 Å². The Balaban J connectivity index is 1.89. The van der Waals surface area contributed by atoms with Crippen molar-refractivity contribution in [1.82, 2.24) is 14.7 Å². The van der Waals surface area contributed by atoms with Crippen molar-refractivity contribution in [2.45, 2.75) is 32.2 Å². The third-order valence-electron chi connectivity index (χ3n) is 2.96. The van der Waals surface area contributed by atoms with Crippen LogP contribution >= 0.6 is 15.9 Å². The maximum Gasteiger partial charge on any atom is 0.253 e. The second kappa shape index (κ2) is 4.35. The van der Waals surface area contributed by atoms with Gasteiger partial charge in [-0.2, -0.15) is 4.98 Å². The Morgan fingerprint density at radius 2 is 2.33 bits per heavy atom. The summed E-state index contributed by atoms with van der Waals surface area (Å²) in [6, 6.07) is 1.79. The van der Waals surface area contributed by atoms with Crippen LogP contribution in [0.4, 0.5) is 0 Å². The first kappa shape index (κ1) is 11.6. The van der Waals surface area contributed by atoms with Gasteiger partial charge in [-0.05, 0) is 41.8 Å². The average Bonchev–Trinajstić information content (AvgIpc) is 3.07. The molecule has 0 bridgehead atoms. The van der Waals surface area contributed by atoms with Crippen LogP contribution in [0.2, 0.25) is 0 Å². The first-order valence-corrected chi connectivity index (χ1v) is 6.62. The Bertz CT molecular complexity index is 643. The average molecular weight is 310 g/mol. The summed E-state index contributed by atoms with van der Waals surface area (Å²) >= 11 is 3.37. The molecule has 0 saturated heterocycles. The molecule has 0 radical (unpaired) electrons. The zero-order valence-electron chi connectivity index (χ0n) is 9.89. The highest BCUT2D eigenvalue weighted by molar-refractivity contribution is 9.10. The van der Waals surface area contributed by atoms with E-state index in [2.05, 4.69) is 26.1 Å². The van der Waals surface area contributed by atoms with Gasteiger partial charge < -0.3 is 9.09 Å². The Hall–Kier alpha value is -1.43. The van der Waals surface area contributed by atoms with Crippen molar-refractivity contribution < 1.29 is 4.52 Å². The minimum atomic E-state index is -0.0376. The maximum absolute atomic E-state index is 11.9. The van der Waals surface area contributed by atoms with Crippen LogP contribution in [-0.4, -0.2) is 14.7 Å². The lowest BCUT2D eigenvalue weighted by Crippen LogP contribution is -2.22. The molecule has 1 saturated carbocycles. The number of hydrogen-bond donors (Lipinski definition) is 0. The van der Waals surface area contributed by atoms with E-state index >= 15 is 0 Å². The molecule has 0 atom stereocenters. The lowest BCUT2D eigenvalue weighted by Gasteiger charge is -2.04. The number of aryl methyl sites for hydroxylation is 1. The number of hydrogen-bond acceptors (Lipinski definition) is 4. The number of pyridine rings is 1. The van der Waals surface area contributed by atoms with Gasteiger partial charge in [0.05, 0.1) is 0 Å². The predicted molar refractivity (Wildman–Crippen MR) is 68.5 cm³/mol. The van der Waals surface area contributed by atoms with Crippen LogP contribution in [0.15, 0.2) is 26.1 Å². The lowest BCUT2D eigenvalue weighted by molar-refractivity contribution is 0.364. The highest BCUT2D eigenvalue weighted by Crippen LogP contribution is 2.38. The van der Waals surface area contributed by atoms with Gasteiger partial charge >= 0.3 is 0 Å². The van der Waals surface area contributed by atoms with Crippen molar-refractivity contribution in [2.75, 3.05) is 0 Å². The van der Waals surface area contributed by atoms with Crippen LogP contribution in [0.3, 0.4) is 0 Å². The third kappa shape index (κ3) is 2.25. The molecular formula is C12H12BrN3O2. The fraction of sp³-hybridized carbons (Fsp3) is 0.417. The number of nitrogens with zero attached hydrogens (tertiary/aromatic N) is 3. The molecule has 1 aliphatic carbocycles. The molecule has 18 heavy (non-hydrogen) atoms. The Labute approximate surface area is 112 Å². The number of aromatic nitrogens is 3. The highest BCUT2D eigenvalue weighted by Gasteiger charge is 2.28. The summed E-state index contributed by atoms with van der Waals surface area (Å²) in [5, 5.41) is 3.94. The van der Waals surface area contributed by atoms with Gasteiger partial charge in [-0.3, -0.25) is 4.79 Å². The molecule has 0 spiro atoms. The normalized spacial score (nSPS) is 15.0. The second-order valence-corrected chi connectivity index (χ2v) is 5.51. The molecule has 6 heteroatoms. The minimum Gasteiger partial charge on any atom is -0.337 e. The zero-order chi connectivity index (χ0) is 12.7. The summed E-state index contributed by atoms with van der Waals surface area (Å²) in [6.45, 7) is 2.10.